The maximum atomic E-state index is 13.2. The van der Waals surface area contributed by atoms with E-state index in [1.54, 1.807) is 22.4 Å². The van der Waals surface area contributed by atoms with Crippen LogP contribution in [-0.2, 0) is 6.54 Å². The average Bonchev–Trinajstić information content (AvgIpc) is 3.19. The third kappa shape index (κ3) is 3.69. The van der Waals surface area contributed by atoms with Crippen LogP contribution in [0.25, 0.3) is 11.0 Å². The molecular formula is C19H23BrN4OS. The highest BCUT2D eigenvalue weighted by molar-refractivity contribution is 9.11. The summed E-state index contributed by atoms with van der Waals surface area (Å²) in [5.41, 5.74) is 2.36. The van der Waals surface area contributed by atoms with E-state index < -0.39 is 0 Å². The van der Waals surface area contributed by atoms with Crippen molar-refractivity contribution in [1.29, 1.82) is 0 Å². The minimum atomic E-state index is -0.00729. The Labute approximate surface area is 166 Å². The first-order valence-electron chi connectivity index (χ1n) is 8.65. The molecule has 0 saturated heterocycles. The summed E-state index contributed by atoms with van der Waals surface area (Å²) < 4.78 is 2.95. The van der Waals surface area contributed by atoms with Crippen LogP contribution < -0.4 is 0 Å². The van der Waals surface area contributed by atoms with E-state index in [1.165, 1.54) is 0 Å². The molecule has 7 heteroatoms. The summed E-state index contributed by atoms with van der Waals surface area (Å²) in [7, 11) is 1.84. The summed E-state index contributed by atoms with van der Waals surface area (Å²) in [4.78, 5) is 20.8. The third-order valence-electron chi connectivity index (χ3n) is 4.27. The van der Waals surface area contributed by atoms with Crippen LogP contribution in [0.4, 0.5) is 0 Å². The molecule has 0 bridgehead atoms. The molecule has 26 heavy (non-hydrogen) atoms. The van der Waals surface area contributed by atoms with Gasteiger partial charge in [0.1, 0.15) is 0 Å². The lowest BCUT2D eigenvalue weighted by Gasteiger charge is -2.18. The van der Waals surface area contributed by atoms with Gasteiger partial charge in [-0.2, -0.15) is 5.10 Å². The lowest BCUT2D eigenvalue weighted by Crippen LogP contribution is -2.26. The van der Waals surface area contributed by atoms with Gasteiger partial charge < -0.3 is 4.90 Å². The number of rotatable bonds is 5. The van der Waals surface area contributed by atoms with Crippen LogP contribution >= 0.6 is 27.3 Å². The Morgan fingerprint density at radius 1 is 1.31 bits per heavy atom. The van der Waals surface area contributed by atoms with Gasteiger partial charge in [-0.05, 0) is 53.9 Å². The van der Waals surface area contributed by atoms with Crippen LogP contribution in [0.2, 0.25) is 0 Å². The molecule has 3 rings (SSSR count). The fourth-order valence-corrected chi connectivity index (χ4v) is 4.37. The van der Waals surface area contributed by atoms with Gasteiger partial charge in [0.05, 0.1) is 27.5 Å². The molecule has 0 aliphatic heterocycles. The second-order valence-electron chi connectivity index (χ2n) is 7.04. The van der Waals surface area contributed by atoms with Crippen LogP contribution in [-0.4, -0.2) is 32.6 Å². The van der Waals surface area contributed by atoms with E-state index in [0.717, 1.165) is 25.4 Å². The summed E-state index contributed by atoms with van der Waals surface area (Å²) >= 11 is 5.12. The molecule has 0 unspecified atom stereocenters. The van der Waals surface area contributed by atoms with Crippen LogP contribution in [0.3, 0.4) is 0 Å². The number of aromatic nitrogens is 3. The Morgan fingerprint density at radius 3 is 2.62 bits per heavy atom. The van der Waals surface area contributed by atoms with Crippen molar-refractivity contribution in [2.45, 2.75) is 46.2 Å². The number of halogens is 1. The highest BCUT2D eigenvalue weighted by Crippen LogP contribution is 2.27. The Hall–Kier alpha value is -1.73. The number of hydrogen-bond acceptors (Lipinski definition) is 4. The standard InChI is InChI=1S/C19H23BrN4OS/c1-11(2)16-8-14(15-9-21-24(12(3)4)18(15)22-16)19(25)23(5)10-13-6-7-17(20)26-13/h6-9,11-12H,10H2,1-5H3. The molecule has 0 aliphatic rings. The number of pyridine rings is 1. The molecule has 3 aromatic rings. The molecule has 3 heterocycles. The van der Waals surface area contributed by atoms with Crippen LogP contribution in [0.5, 0.6) is 0 Å². The average molecular weight is 435 g/mol. The van der Waals surface area contributed by atoms with Crippen LogP contribution in [0.15, 0.2) is 28.2 Å². The Kier molecular flexibility index (Phi) is 5.48. The lowest BCUT2D eigenvalue weighted by molar-refractivity contribution is 0.0788. The second kappa shape index (κ2) is 7.48. The van der Waals surface area contributed by atoms with Crippen molar-refractivity contribution in [2.75, 3.05) is 7.05 Å². The number of hydrogen-bond donors (Lipinski definition) is 0. The van der Waals surface area contributed by atoms with Gasteiger partial charge in [0.2, 0.25) is 0 Å². The van der Waals surface area contributed by atoms with Gasteiger partial charge in [0.25, 0.3) is 5.91 Å². The molecule has 0 fully saturated rings. The van der Waals surface area contributed by atoms with E-state index in [9.17, 15) is 4.79 Å². The highest BCUT2D eigenvalue weighted by atomic mass is 79.9. The van der Waals surface area contributed by atoms with Crippen molar-refractivity contribution < 1.29 is 4.79 Å². The van der Waals surface area contributed by atoms with Crippen LogP contribution in [0, 0.1) is 0 Å². The van der Waals surface area contributed by atoms with Gasteiger partial charge in [-0.15, -0.1) is 11.3 Å². The van der Waals surface area contributed by atoms with E-state index in [1.807, 2.05) is 29.9 Å². The smallest absolute Gasteiger partial charge is 0.254 e. The van der Waals surface area contributed by atoms with E-state index >= 15 is 0 Å². The van der Waals surface area contributed by atoms with Crippen molar-refractivity contribution in [3.05, 3.63) is 44.3 Å². The minimum absolute atomic E-state index is 0.00729. The molecule has 0 aromatic carbocycles. The minimum Gasteiger partial charge on any atom is -0.337 e. The van der Waals surface area contributed by atoms with Gasteiger partial charge in [-0.25, -0.2) is 9.67 Å². The molecule has 1 amide bonds. The first-order chi connectivity index (χ1) is 12.3. The molecule has 138 valence electrons. The summed E-state index contributed by atoms with van der Waals surface area (Å²) in [6.07, 6.45) is 1.76. The molecule has 0 radical (unpaired) electrons. The van der Waals surface area contributed by atoms with Crippen molar-refractivity contribution in [1.82, 2.24) is 19.7 Å². The van der Waals surface area contributed by atoms with Crippen molar-refractivity contribution >= 4 is 44.2 Å². The van der Waals surface area contributed by atoms with E-state index in [0.29, 0.717) is 12.1 Å². The summed E-state index contributed by atoms with van der Waals surface area (Å²) in [5.74, 6) is 0.229. The Morgan fingerprint density at radius 2 is 2.04 bits per heavy atom. The summed E-state index contributed by atoms with van der Waals surface area (Å²) in [6.45, 7) is 8.89. The summed E-state index contributed by atoms with van der Waals surface area (Å²) in [5, 5.41) is 5.28. The van der Waals surface area contributed by atoms with E-state index in [4.69, 9.17) is 4.98 Å². The quantitative estimate of drug-likeness (QED) is 0.551. The number of amides is 1. The van der Waals surface area contributed by atoms with E-state index in [2.05, 4.69) is 48.7 Å². The first kappa shape index (κ1) is 19.0. The fourth-order valence-electron chi connectivity index (χ4n) is 2.84. The highest BCUT2D eigenvalue weighted by Gasteiger charge is 2.21. The topological polar surface area (TPSA) is 51.0 Å². The molecular weight excluding hydrogens is 412 g/mol. The van der Waals surface area contributed by atoms with Gasteiger partial charge in [0, 0.05) is 23.7 Å². The zero-order valence-corrected chi connectivity index (χ0v) is 18.1. The largest absolute Gasteiger partial charge is 0.337 e. The maximum absolute atomic E-state index is 13.2. The van der Waals surface area contributed by atoms with Crippen molar-refractivity contribution in [3.8, 4) is 0 Å². The molecule has 5 nitrogen and oxygen atoms in total. The molecule has 0 N–H and O–H groups in total. The number of fused-ring (bicyclic) bond motifs is 1. The maximum Gasteiger partial charge on any atom is 0.254 e. The predicted molar refractivity (Wildman–Crippen MR) is 110 cm³/mol. The molecule has 3 aromatic heterocycles. The number of carbonyl (C=O) groups excluding carboxylic acids is 1. The molecule has 0 atom stereocenters. The molecule has 0 aliphatic carbocycles. The predicted octanol–water partition coefficient (Wildman–Crippen LogP) is 5.23. The fraction of sp³-hybridized carbons (Fsp3) is 0.421. The number of carbonyl (C=O) groups is 1. The second-order valence-corrected chi connectivity index (χ2v) is 9.58. The van der Waals surface area contributed by atoms with Crippen molar-refractivity contribution in [2.24, 2.45) is 0 Å². The SMILES string of the molecule is CC(C)c1cc(C(=O)N(C)Cc2ccc(Br)s2)c2cnn(C(C)C)c2n1. The van der Waals surface area contributed by atoms with E-state index in [-0.39, 0.29) is 17.9 Å². The Balaban J connectivity index is 2.03. The van der Waals surface area contributed by atoms with Crippen LogP contribution in [0.1, 0.15) is 60.6 Å². The Bertz CT molecular complexity index is 944. The normalized spacial score (nSPS) is 11.7. The first-order valence-corrected chi connectivity index (χ1v) is 10.3. The molecule has 0 spiro atoms. The van der Waals surface area contributed by atoms with Crippen molar-refractivity contribution in [3.63, 3.8) is 0 Å². The molecule has 0 saturated carbocycles. The number of thiophene rings is 1. The zero-order chi connectivity index (χ0) is 19.0. The van der Waals surface area contributed by atoms with Gasteiger partial charge in [-0.1, -0.05) is 13.8 Å². The van der Waals surface area contributed by atoms with Gasteiger partial charge in [0.15, 0.2) is 5.65 Å². The lowest BCUT2D eigenvalue weighted by atomic mass is 10.0. The van der Waals surface area contributed by atoms with Gasteiger partial charge in [-0.3, -0.25) is 4.79 Å². The monoisotopic (exact) mass is 434 g/mol. The zero-order valence-electron chi connectivity index (χ0n) is 15.7. The third-order valence-corrected chi connectivity index (χ3v) is 5.87. The summed E-state index contributed by atoms with van der Waals surface area (Å²) in [6, 6.07) is 6.15. The van der Waals surface area contributed by atoms with Gasteiger partial charge >= 0.3 is 0 Å². The number of nitrogens with zero attached hydrogens (tertiary/aromatic N) is 4.